The van der Waals surface area contributed by atoms with Gasteiger partial charge in [0.2, 0.25) is 0 Å². The molecule has 0 spiro atoms. The molecule has 0 radical (unpaired) electrons. The highest BCUT2D eigenvalue weighted by molar-refractivity contribution is 7.94. The van der Waals surface area contributed by atoms with Crippen molar-refractivity contribution in [1.29, 1.82) is 0 Å². The average molecular weight is 388 g/mol. The van der Waals surface area contributed by atoms with Gasteiger partial charge in [-0.3, -0.25) is 4.31 Å². The van der Waals surface area contributed by atoms with Gasteiger partial charge >= 0.3 is 6.18 Å². The minimum Gasteiger partial charge on any atom is -0.365 e. The molecule has 1 aromatic heterocycles. The van der Waals surface area contributed by atoms with Crippen LogP contribution in [0.2, 0.25) is 0 Å². The number of hydrogen-bond acceptors (Lipinski definition) is 4. The molecule has 0 N–H and O–H groups in total. The Morgan fingerprint density at radius 2 is 1.96 bits per heavy atom. The first-order valence-electron chi connectivity index (χ1n) is 7.82. The molecule has 0 aliphatic carbocycles. The maximum atomic E-state index is 13.1. The zero-order chi connectivity index (χ0) is 17.8. The van der Waals surface area contributed by atoms with Gasteiger partial charge in [0.05, 0.1) is 23.5 Å². The number of sulfonamides is 1. The second-order valence-electron chi connectivity index (χ2n) is 6.16. The smallest absolute Gasteiger partial charge is 0.365 e. The number of alkyl halides is 3. The normalized spacial score (nSPS) is 20.5. The van der Waals surface area contributed by atoms with E-state index in [9.17, 15) is 21.6 Å². The molecule has 134 valence electrons. The van der Waals surface area contributed by atoms with Crippen LogP contribution in [0.1, 0.15) is 18.4 Å². The third kappa shape index (κ3) is 2.69. The monoisotopic (exact) mass is 388 g/mol. The van der Waals surface area contributed by atoms with Crippen molar-refractivity contribution in [1.82, 2.24) is 0 Å². The van der Waals surface area contributed by atoms with Crippen LogP contribution in [0.25, 0.3) is 0 Å². The lowest BCUT2D eigenvalue weighted by Crippen LogP contribution is -2.48. The number of rotatable bonds is 2. The van der Waals surface area contributed by atoms with Gasteiger partial charge in [-0.05, 0) is 42.5 Å². The van der Waals surface area contributed by atoms with Crippen LogP contribution >= 0.6 is 11.3 Å². The number of anilines is 2. The summed E-state index contributed by atoms with van der Waals surface area (Å²) < 4.78 is 66.7. The van der Waals surface area contributed by atoms with Crippen LogP contribution in [-0.2, 0) is 16.2 Å². The van der Waals surface area contributed by atoms with Crippen molar-refractivity contribution in [3.63, 3.8) is 0 Å². The summed E-state index contributed by atoms with van der Waals surface area (Å²) in [5.41, 5.74) is -0.0875. The highest BCUT2D eigenvalue weighted by atomic mass is 32.2. The number of thiophene rings is 1. The predicted molar refractivity (Wildman–Crippen MR) is 90.7 cm³/mol. The first-order chi connectivity index (χ1) is 11.8. The molecular weight excluding hydrogens is 373 g/mol. The van der Waals surface area contributed by atoms with E-state index in [-0.39, 0.29) is 16.8 Å². The van der Waals surface area contributed by atoms with Crippen LogP contribution in [0, 0.1) is 0 Å². The Balaban J connectivity index is 1.86. The summed E-state index contributed by atoms with van der Waals surface area (Å²) in [6, 6.07) is 6.38. The molecule has 4 rings (SSSR count). The fourth-order valence-corrected chi connectivity index (χ4v) is 6.14. The van der Waals surface area contributed by atoms with Crippen molar-refractivity contribution < 1.29 is 21.6 Å². The molecule has 0 saturated carbocycles. The molecule has 4 nitrogen and oxygen atoms in total. The molecule has 25 heavy (non-hydrogen) atoms. The van der Waals surface area contributed by atoms with Crippen LogP contribution in [-0.4, -0.2) is 27.5 Å². The van der Waals surface area contributed by atoms with Crippen LogP contribution < -0.4 is 9.21 Å². The minimum atomic E-state index is -4.46. The van der Waals surface area contributed by atoms with E-state index in [4.69, 9.17) is 0 Å². The van der Waals surface area contributed by atoms with Gasteiger partial charge in [0.1, 0.15) is 4.21 Å². The Labute approximate surface area is 147 Å². The molecule has 0 unspecified atom stereocenters. The Kier molecular flexibility index (Phi) is 3.77. The van der Waals surface area contributed by atoms with E-state index < -0.39 is 21.8 Å². The summed E-state index contributed by atoms with van der Waals surface area (Å²) in [6.45, 7) is 0.907. The van der Waals surface area contributed by atoms with Crippen molar-refractivity contribution >= 4 is 32.7 Å². The Morgan fingerprint density at radius 3 is 2.64 bits per heavy atom. The van der Waals surface area contributed by atoms with E-state index in [1.807, 2.05) is 4.90 Å². The quantitative estimate of drug-likeness (QED) is 0.782. The highest BCUT2D eigenvalue weighted by Gasteiger charge is 2.41. The molecule has 1 fully saturated rings. The Morgan fingerprint density at radius 1 is 1.16 bits per heavy atom. The van der Waals surface area contributed by atoms with Gasteiger partial charge in [0.15, 0.2) is 0 Å². The van der Waals surface area contributed by atoms with Crippen molar-refractivity contribution in [3.8, 4) is 0 Å². The lowest BCUT2D eigenvalue weighted by Gasteiger charge is -2.40. The molecule has 0 amide bonds. The molecule has 0 bridgehead atoms. The summed E-state index contributed by atoms with van der Waals surface area (Å²) in [5, 5.41) is 1.67. The summed E-state index contributed by atoms with van der Waals surface area (Å²) in [4.78, 5) is 1.91. The zero-order valence-electron chi connectivity index (χ0n) is 13.0. The fraction of sp³-hybridized carbons (Fsp3) is 0.375. The lowest BCUT2D eigenvalue weighted by molar-refractivity contribution is -0.137. The summed E-state index contributed by atoms with van der Waals surface area (Å²) >= 11 is 1.11. The van der Waals surface area contributed by atoms with E-state index in [1.54, 1.807) is 11.4 Å². The maximum Gasteiger partial charge on any atom is 0.416 e. The molecule has 3 heterocycles. The predicted octanol–water partition coefficient (Wildman–Crippen LogP) is 3.94. The molecular formula is C16H15F3N2O2S2. The van der Waals surface area contributed by atoms with Gasteiger partial charge in [0, 0.05) is 12.6 Å². The molecule has 1 saturated heterocycles. The summed E-state index contributed by atoms with van der Waals surface area (Å²) in [5.74, 6) is 0. The van der Waals surface area contributed by atoms with Gasteiger partial charge in [-0.1, -0.05) is 6.07 Å². The number of nitrogens with zero attached hydrogens (tertiary/aromatic N) is 2. The van der Waals surface area contributed by atoms with E-state index in [0.29, 0.717) is 17.9 Å². The Bertz CT molecular complexity index is 895. The maximum absolute atomic E-state index is 13.1. The van der Waals surface area contributed by atoms with Gasteiger partial charge < -0.3 is 4.90 Å². The van der Waals surface area contributed by atoms with Crippen molar-refractivity contribution in [2.45, 2.75) is 29.3 Å². The molecule has 2 aliphatic rings. The number of fused-ring (bicyclic) bond motifs is 3. The Hall–Kier alpha value is -1.74. The second kappa shape index (κ2) is 5.63. The standard InChI is InChI=1S/C16H15F3N2O2S2/c17-16(18,19)11-5-6-13-14(9-11)20-7-1-3-12(20)10-21(13)25(22,23)15-4-2-8-24-15/h2,4-6,8-9,12H,1,3,7,10H2/t12-/m0/s1. The number of benzene rings is 1. The topological polar surface area (TPSA) is 40.6 Å². The first kappa shape index (κ1) is 16.7. The average Bonchev–Trinajstić information content (AvgIpc) is 3.24. The van der Waals surface area contributed by atoms with Gasteiger partial charge in [-0.25, -0.2) is 8.42 Å². The van der Waals surface area contributed by atoms with Crippen molar-refractivity contribution in [2.24, 2.45) is 0 Å². The third-order valence-electron chi connectivity index (χ3n) is 4.67. The summed E-state index contributed by atoms with van der Waals surface area (Å²) in [7, 11) is -3.78. The summed E-state index contributed by atoms with van der Waals surface area (Å²) in [6.07, 6.45) is -2.85. The lowest BCUT2D eigenvalue weighted by atomic mass is 10.1. The van der Waals surface area contributed by atoms with Crippen molar-refractivity contribution in [3.05, 3.63) is 41.3 Å². The molecule has 2 aromatic rings. The van der Waals surface area contributed by atoms with E-state index >= 15 is 0 Å². The fourth-order valence-electron chi connectivity index (χ4n) is 3.52. The molecule has 9 heteroatoms. The highest BCUT2D eigenvalue weighted by Crippen LogP contribution is 2.44. The SMILES string of the molecule is O=S(=O)(c1cccs1)N1C[C@@H]2CCCN2c2cc(C(F)(F)F)ccc21. The van der Waals surface area contributed by atoms with E-state index in [0.717, 1.165) is 36.3 Å². The first-order valence-corrected chi connectivity index (χ1v) is 10.1. The van der Waals surface area contributed by atoms with Gasteiger partial charge in [-0.2, -0.15) is 13.2 Å². The van der Waals surface area contributed by atoms with E-state index in [1.165, 1.54) is 16.4 Å². The minimum absolute atomic E-state index is 0.0919. The van der Waals surface area contributed by atoms with Gasteiger partial charge in [0.25, 0.3) is 10.0 Å². The van der Waals surface area contributed by atoms with Gasteiger partial charge in [-0.15, -0.1) is 11.3 Å². The molecule has 1 aromatic carbocycles. The number of halogens is 3. The number of hydrogen-bond donors (Lipinski definition) is 0. The van der Waals surface area contributed by atoms with Crippen LogP contribution in [0.15, 0.2) is 39.9 Å². The largest absolute Gasteiger partial charge is 0.416 e. The second-order valence-corrected chi connectivity index (χ2v) is 9.20. The van der Waals surface area contributed by atoms with Crippen LogP contribution in [0.3, 0.4) is 0 Å². The van der Waals surface area contributed by atoms with E-state index in [2.05, 4.69) is 0 Å². The van der Waals surface area contributed by atoms with Crippen LogP contribution in [0.4, 0.5) is 24.5 Å². The van der Waals surface area contributed by atoms with Crippen LogP contribution in [0.5, 0.6) is 0 Å². The van der Waals surface area contributed by atoms with Crippen molar-refractivity contribution in [2.75, 3.05) is 22.3 Å². The zero-order valence-corrected chi connectivity index (χ0v) is 14.7. The molecule has 1 atom stereocenters. The third-order valence-corrected chi connectivity index (χ3v) is 7.83. The molecule has 2 aliphatic heterocycles.